The number of nitrogens with zero attached hydrogens (tertiary/aromatic N) is 3. The van der Waals surface area contributed by atoms with Gasteiger partial charge in [0.25, 0.3) is 0 Å². The van der Waals surface area contributed by atoms with Gasteiger partial charge in [0.15, 0.2) is 0 Å². The lowest BCUT2D eigenvalue weighted by Gasteiger charge is -2.18. The molecule has 1 aromatic heterocycles. The van der Waals surface area contributed by atoms with Crippen LogP contribution < -0.4 is 5.32 Å². The van der Waals surface area contributed by atoms with Crippen molar-refractivity contribution in [3.63, 3.8) is 0 Å². The van der Waals surface area contributed by atoms with Crippen LogP contribution in [0.1, 0.15) is 25.3 Å². The van der Waals surface area contributed by atoms with Gasteiger partial charge in [-0.1, -0.05) is 36.4 Å². The van der Waals surface area contributed by atoms with Gasteiger partial charge in [0, 0.05) is 17.3 Å². The average Bonchev–Trinajstić information content (AvgIpc) is 3.25. The summed E-state index contributed by atoms with van der Waals surface area (Å²) in [5, 5.41) is 12.1. The Hall–Kier alpha value is -2.69. The van der Waals surface area contributed by atoms with Crippen molar-refractivity contribution >= 4 is 5.69 Å². The van der Waals surface area contributed by atoms with Crippen LogP contribution >= 0.6 is 0 Å². The maximum atomic E-state index is 13.3. The van der Waals surface area contributed by atoms with Gasteiger partial charge in [-0.2, -0.15) is 0 Å². The number of nitrogens with one attached hydrogen (secondary N) is 1. The van der Waals surface area contributed by atoms with Crippen LogP contribution in [0, 0.1) is 18.2 Å². The van der Waals surface area contributed by atoms with Gasteiger partial charge < -0.3 is 5.32 Å². The number of anilines is 1. The molecule has 2 unspecified atom stereocenters. The first-order chi connectivity index (χ1) is 12.7. The van der Waals surface area contributed by atoms with E-state index in [0.29, 0.717) is 18.5 Å². The van der Waals surface area contributed by atoms with E-state index in [-0.39, 0.29) is 5.82 Å². The molecule has 1 saturated carbocycles. The number of hydrogen-bond acceptors (Lipinski definition) is 3. The number of benzene rings is 2. The van der Waals surface area contributed by atoms with Crippen LogP contribution in [0.5, 0.6) is 0 Å². The maximum absolute atomic E-state index is 13.3. The molecule has 3 aromatic rings. The predicted molar refractivity (Wildman–Crippen MR) is 101 cm³/mol. The first-order valence-electron chi connectivity index (χ1n) is 9.02. The molecule has 1 aliphatic carbocycles. The molecule has 4 rings (SSSR count). The van der Waals surface area contributed by atoms with E-state index in [1.807, 2.05) is 24.4 Å². The van der Waals surface area contributed by atoms with Crippen LogP contribution in [-0.2, 0) is 6.54 Å². The molecule has 1 N–H and O–H groups in total. The molecule has 2 atom stereocenters. The van der Waals surface area contributed by atoms with Gasteiger partial charge in [0.05, 0.1) is 12.7 Å². The van der Waals surface area contributed by atoms with Gasteiger partial charge in [-0.05, 0) is 55.0 Å². The Morgan fingerprint density at radius 2 is 2.08 bits per heavy atom. The quantitative estimate of drug-likeness (QED) is 0.735. The highest BCUT2D eigenvalue weighted by Crippen LogP contribution is 2.28. The van der Waals surface area contributed by atoms with Gasteiger partial charge in [-0.25, -0.2) is 9.07 Å². The molecular formula is C21H22FN4. The summed E-state index contributed by atoms with van der Waals surface area (Å²) >= 11 is 0. The van der Waals surface area contributed by atoms with Gasteiger partial charge in [0.2, 0.25) is 0 Å². The fraction of sp³-hybridized carbons (Fsp3) is 0.286. The first-order valence-corrected chi connectivity index (χ1v) is 9.02. The topological polar surface area (TPSA) is 42.7 Å². The second-order valence-electron chi connectivity index (χ2n) is 6.94. The van der Waals surface area contributed by atoms with Crippen molar-refractivity contribution < 1.29 is 4.39 Å². The first kappa shape index (κ1) is 16.8. The number of aromatic nitrogens is 3. The van der Waals surface area contributed by atoms with E-state index in [2.05, 4.69) is 41.1 Å². The molecule has 0 bridgehead atoms. The minimum absolute atomic E-state index is 0.236. The third-order valence-electron chi connectivity index (χ3n) is 4.93. The van der Waals surface area contributed by atoms with Crippen molar-refractivity contribution in [1.82, 2.24) is 15.0 Å². The van der Waals surface area contributed by atoms with E-state index in [1.165, 1.54) is 25.0 Å². The second kappa shape index (κ2) is 7.28. The minimum atomic E-state index is -0.236. The monoisotopic (exact) mass is 349 g/mol. The molecule has 0 spiro atoms. The summed E-state index contributed by atoms with van der Waals surface area (Å²) in [5.41, 5.74) is 3.81. The van der Waals surface area contributed by atoms with Crippen LogP contribution in [0.15, 0.2) is 54.7 Å². The number of hydrogen-bond donors (Lipinski definition) is 1. The van der Waals surface area contributed by atoms with Gasteiger partial charge in [0.1, 0.15) is 11.5 Å². The highest BCUT2D eigenvalue weighted by atomic mass is 19.1. The van der Waals surface area contributed by atoms with Crippen molar-refractivity contribution in [2.75, 3.05) is 5.32 Å². The molecule has 1 aliphatic rings. The van der Waals surface area contributed by atoms with Crippen molar-refractivity contribution in [2.45, 2.75) is 32.4 Å². The lowest BCUT2D eigenvalue weighted by atomic mass is 10.1. The molecule has 5 heteroatoms. The molecule has 133 valence electrons. The maximum Gasteiger partial charge on any atom is 0.123 e. The second-order valence-corrected chi connectivity index (χ2v) is 6.94. The smallest absolute Gasteiger partial charge is 0.123 e. The van der Waals surface area contributed by atoms with Gasteiger partial charge in [-0.15, -0.1) is 5.10 Å². The largest absolute Gasteiger partial charge is 0.382 e. The number of rotatable bonds is 5. The lowest BCUT2D eigenvalue weighted by molar-refractivity contribution is 0.610. The Morgan fingerprint density at radius 3 is 2.88 bits per heavy atom. The molecule has 1 fully saturated rings. The Kier molecular flexibility index (Phi) is 4.69. The summed E-state index contributed by atoms with van der Waals surface area (Å²) in [6.45, 7) is 2.75. The average molecular weight is 349 g/mol. The third kappa shape index (κ3) is 3.77. The Morgan fingerprint density at radius 1 is 1.19 bits per heavy atom. The predicted octanol–water partition coefficient (Wildman–Crippen LogP) is 4.55. The summed E-state index contributed by atoms with van der Waals surface area (Å²) < 4.78 is 15.1. The zero-order chi connectivity index (χ0) is 17.9. The standard InChI is InChI=1S/C21H22FN4/c1-15-5-2-10-20(15)23-19-9-4-7-17(12-19)21-14-26(25-24-21)13-16-6-3-8-18(22)11-16/h3-9,11-12,14-15,20,23H,2,10,13H2,1H3. The molecule has 0 amide bonds. The van der Waals surface area contributed by atoms with E-state index in [0.717, 1.165) is 22.5 Å². The summed E-state index contributed by atoms with van der Waals surface area (Å²) in [6, 6.07) is 15.3. The van der Waals surface area contributed by atoms with Crippen molar-refractivity contribution in [1.29, 1.82) is 0 Å². The van der Waals surface area contributed by atoms with Crippen LogP contribution in [0.4, 0.5) is 10.1 Å². The Labute approximate surface area is 153 Å². The lowest BCUT2D eigenvalue weighted by Crippen LogP contribution is -2.21. The molecule has 26 heavy (non-hydrogen) atoms. The van der Waals surface area contributed by atoms with E-state index < -0.39 is 0 Å². The van der Waals surface area contributed by atoms with Gasteiger partial charge in [-0.3, -0.25) is 0 Å². The molecule has 1 radical (unpaired) electrons. The molecule has 1 heterocycles. The van der Waals surface area contributed by atoms with E-state index in [1.54, 1.807) is 10.7 Å². The summed E-state index contributed by atoms with van der Waals surface area (Å²) in [7, 11) is 0. The highest BCUT2D eigenvalue weighted by Gasteiger charge is 2.23. The van der Waals surface area contributed by atoms with Crippen LogP contribution in [0.2, 0.25) is 0 Å². The van der Waals surface area contributed by atoms with E-state index in [4.69, 9.17) is 0 Å². The third-order valence-corrected chi connectivity index (χ3v) is 4.93. The fourth-order valence-electron chi connectivity index (χ4n) is 3.48. The molecule has 0 aliphatic heterocycles. The van der Waals surface area contributed by atoms with Crippen LogP contribution in [0.25, 0.3) is 11.3 Å². The van der Waals surface area contributed by atoms with Gasteiger partial charge >= 0.3 is 0 Å². The van der Waals surface area contributed by atoms with Crippen molar-refractivity contribution in [3.05, 3.63) is 72.5 Å². The SMILES string of the molecule is CC1[CH]CCC1Nc1cccc(-c2cn(Cc3cccc(F)c3)nn2)c1. The highest BCUT2D eigenvalue weighted by molar-refractivity contribution is 5.64. The molecular weight excluding hydrogens is 327 g/mol. The van der Waals surface area contributed by atoms with E-state index >= 15 is 0 Å². The molecule has 2 aromatic carbocycles. The Balaban J connectivity index is 1.49. The fourth-order valence-corrected chi connectivity index (χ4v) is 3.48. The van der Waals surface area contributed by atoms with Crippen molar-refractivity contribution in [2.24, 2.45) is 5.92 Å². The van der Waals surface area contributed by atoms with Crippen molar-refractivity contribution in [3.8, 4) is 11.3 Å². The number of halogens is 1. The van der Waals surface area contributed by atoms with E-state index in [9.17, 15) is 4.39 Å². The zero-order valence-electron chi connectivity index (χ0n) is 14.8. The summed E-state index contributed by atoms with van der Waals surface area (Å²) in [4.78, 5) is 0. The Bertz CT molecular complexity index is 889. The summed E-state index contributed by atoms with van der Waals surface area (Å²) in [6.07, 6.45) is 6.62. The van der Waals surface area contributed by atoms with Crippen LogP contribution in [-0.4, -0.2) is 21.0 Å². The minimum Gasteiger partial charge on any atom is -0.382 e. The molecule has 0 saturated heterocycles. The van der Waals surface area contributed by atoms with Crippen LogP contribution in [0.3, 0.4) is 0 Å². The normalized spacial score (nSPS) is 19.6. The summed E-state index contributed by atoms with van der Waals surface area (Å²) in [5.74, 6) is 0.353. The molecule has 4 nitrogen and oxygen atoms in total. The zero-order valence-corrected chi connectivity index (χ0v) is 14.8.